The second-order valence-corrected chi connectivity index (χ2v) is 9.15. The van der Waals surface area contributed by atoms with Crippen LogP contribution >= 0.6 is 35.7 Å². The van der Waals surface area contributed by atoms with E-state index in [1.165, 1.54) is 6.42 Å². The third-order valence-electron chi connectivity index (χ3n) is 4.04. The highest BCUT2D eigenvalue weighted by atomic mass is 127. The lowest BCUT2D eigenvalue weighted by Gasteiger charge is -2.34. The summed E-state index contributed by atoms with van der Waals surface area (Å²) in [6, 6.07) is 0. The van der Waals surface area contributed by atoms with Gasteiger partial charge in [-0.15, -0.1) is 24.0 Å². The van der Waals surface area contributed by atoms with Crippen LogP contribution in [0.15, 0.2) is 4.99 Å². The summed E-state index contributed by atoms with van der Waals surface area (Å²) in [4.78, 5) is 6.96. The topological polar surface area (TPSA) is 65.0 Å². The Kier molecular flexibility index (Phi) is 9.54. The zero-order valence-electron chi connectivity index (χ0n) is 14.0. The van der Waals surface area contributed by atoms with Gasteiger partial charge in [0, 0.05) is 43.7 Å². The van der Waals surface area contributed by atoms with Gasteiger partial charge in [-0.25, -0.2) is 12.7 Å². The van der Waals surface area contributed by atoms with Crippen LogP contribution < -0.4 is 5.32 Å². The lowest BCUT2D eigenvalue weighted by atomic mass is 10.3. The fraction of sp³-hybridized carbons (Fsp3) is 0.929. The van der Waals surface area contributed by atoms with Crippen molar-refractivity contribution in [3.8, 4) is 0 Å². The highest BCUT2D eigenvalue weighted by Gasteiger charge is 2.27. The molecule has 2 aliphatic heterocycles. The van der Waals surface area contributed by atoms with E-state index in [9.17, 15) is 8.42 Å². The first kappa shape index (κ1) is 21.3. The van der Waals surface area contributed by atoms with E-state index >= 15 is 0 Å². The van der Waals surface area contributed by atoms with Crippen LogP contribution in [-0.2, 0) is 10.0 Å². The van der Waals surface area contributed by atoms with E-state index in [4.69, 9.17) is 0 Å². The summed E-state index contributed by atoms with van der Waals surface area (Å²) in [5, 5.41) is 4.01. The average Bonchev–Trinajstić information content (AvgIpc) is 2.85. The maximum Gasteiger partial charge on any atom is 0.214 e. The predicted octanol–water partition coefficient (Wildman–Crippen LogP) is 1.43. The molecule has 9 heteroatoms. The molecule has 23 heavy (non-hydrogen) atoms. The summed E-state index contributed by atoms with van der Waals surface area (Å²) < 4.78 is 25.2. The number of thioether (sulfide) groups is 1. The predicted molar refractivity (Wildman–Crippen MR) is 109 cm³/mol. The molecule has 2 rings (SSSR count). The minimum atomic E-state index is -3.01. The second-order valence-electron chi connectivity index (χ2n) is 5.65. The third kappa shape index (κ3) is 6.24. The van der Waals surface area contributed by atoms with Gasteiger partial charge in [0.25, 0.3) is 0 Å². The molecule has 0 amide bonds. The molecule has 1 unspecified atom stereocenters. The lowest BCUT2D eigenvalue weighted by Crippen LogP contribution is -2.48. The maximum absolute atomic E-state index is 11.8. The highest BCUT2D eigenvalue weighted by Crippen LogP contribution is 2.21. The van der Waals surface area contributed by atoms with E-state index in [0.29, 0.717) is 24.9 Å². The number of halogens is 1. The first-order chi connectivity index (χ1) is 10.6. The van der Waals surface area contributed by atoms with E-state index in [1.807, 2.05) is 11.8 Å². The molecule has 0 aliphatic carbocycles. The Bertz CT molecular complexity index is 487. The number of guanidine groups is 1. The second kappa shape index (κ2) is 10.3. The maximum atomic E-state index is 11.8. The molecular weight excluding hydrogens is 447 g/mol. The van der Waals surface area contributed by atoms with E-state index in [1.54, 1.807) is 4.31 Å². The standard InChI is InChI=1S/C14H28N4O2S2.HI/c1-3-13-12-17(9-10-21-13)14(15-4-2)16-6-8-18-7-5-11-22(18,19)20;/h13H,3-12H2,1-2H3,(H,15,16);1H. The Balaban J connectivity index is 0.00000264. The molecule has 2 aliphatic rings. The summed E-state index contributed by atoms with van der Waals surface area (Å²) in [5.41, 5.74) is 0. The fourth-order valence-corrected chi connectivity index (χ4v) is 5.49. The van der Waals surface area contributed by atoms with E-state index < -0.39 is 10.0 Å². The smallest absolute Gasteiger partial charge is 0.214 e. The molecule has 0 aromatic heterocycles. The molecule has 6 nitrogen and oxygen atoms in total. The van der Waals surface area contributed by atoms with Crippen LogP contribution in [0.1, 0.15) is 26.7 Å². The van der Waals surface area contributed by atoms with Crippen molar-refractivity contribution in [1.29, 1.82) is 0 Å². The Hall–Kier alpha value is 0.260. The van der Waals surface area contributed by atoms with Gasteiger partial charge in [0.05, 0.1) is 12.3 Å². The van der Waals surface area contributed by atoms with Crippen molar-refractivity contribution >= 4 is 51.7 Å². The summed E-state index contributed by atoms with van der Waals surface area (Å²) in [6.45, 7) is 8.83. The first-order valence-electron chi connectivity index (χ1n) is 8.19. The van der Waals surface area contributed by atoms with Crippen molar-refractivity contribution in [2.75, 3.05) is 50.8 Å². The Morgan fingerprint density at radius 3 is 2.74 bits per heavy atom. The molecule has 0 bridgehead atoms. The van der Waals surface area contributed by atoms with Crippen LogP contribution in [0.25, 0.3) is 0 Å². The quantitative estimate of drug-likeness (QED) is 0.370. The normalized spacial score (nSPS) is 25.2. The fourth-order valence-electron chi connectivity index (χ4n) is 2.79. The molecule has 2 saturated heterocycles. The molecule has 0 saturated carbocycles. The monoisotopic (exact) mass is 476 g/mol. The molecule has 0 aromatic carbocycles. The van der Waals surface area contributed by atoms with Gasteiger partial charge in [0.15, 0.2) is 5.96 Å². The molecule has 0 spiro atoms. The van der Waals surface area contributed by atoms with Gasteiger partial charge in [-0.3, -0.25) is 4.99 Å². The molecular formula is C14H29IN4O2S2. The van der Waals surface area contributed by atoms with Gasteiger partial charge >= 0.3 is 0 Å². The van der Waals surface area contributed by atoms with E-state index in [2.05, 4.69) is 29.1 Å². The summed E-state index contributed by atoms with van der Waals surface area (Å²) in [6.07, 6.45) is 1.92. The minimum absolute atomic E-state index is 0. The van der Waals surface area contributed by atoms with Crippen LogP contribution in [-0.4, -0.2) is 79.6 Å². The zero-order chi connectivity index (χ0) is 16.0. The van der Waals surface area contributed by atoms with Crippen molar-refractivity contribution < 1.29 is 8.42 Å². The SMILES string of the molecule is CCNC(=NCCN1CCCS1(=O)=O)N1CCSC(CC)C1.I. The molecule has 136 valence electrons. The summed E-state index contributed by atoms with van der Waals surface area (Å²) >= 11 is 2.03. The van der Waals surface area contributed by atoms with Gasteiger partial charge < -0.3 is 10.2 Å². The molecule has 0 radical (unpaired) electrons. The van der Waals surface area contributed by atoms with Crippen LogP contribution in [0.3, 0.4) is 0 Å². The van der Waals surface area contributed by atoms with Crippen LogP contribution in [0.5, 0.6) is 0 Å². The Labute approximate surface area is 161 Å². The van der Waals surface area contributed by atoms with Gasteiger partial charge in [0.1, 0.15) is 0 Å². The zero-order valence-corrected chi connectivity index (χ0v) is 18.0. The molecule has 0 aromatic rings. The van der Waals surface area contributed by atoms with Crippen molar-refractivity contribution in [3.63, 3.8) is 0 Å². The first-order valence-corrected chi connectivity index (χ1v) is 10.8. The number of aliphatic imine (C=N–C) groups is 1. The van der Waals surface area contributed by atoms with Gasteiger partial charge in [0.2, 0.25) is 10.0 Å². The van der Waals surface area contributed by atoms with Crippen molar-refractivity contribution in [1.82, 2.24) is 14.5 Å². The van der Waals surface area contributed by atoms with Gasteiger partial charge in [-0.2, -0.15) is 11.8 Å². The number of nitrogens with one attached hydrogen (secondary N) is 1. The number of rotatable bonds is 5. The summed E-state index contributed by atoms with van der Waals surface area (Å²) in [7, 11) is -3.01. The molecule has 1 atom stereocenters. The van der Waals surface area contributed by atoms with Crippen LogP contribution in [0.2, 0.25) is 0 Å². The Morgan fingerprint density at radius 1 is 1.35 bits per heavy atom. The number of nitrogens with zero attached hydrogens (tertiary/aromatic N) is 3. The average molecular weight is 476 g/mol. The number of hydrogen-bond acceptors (Lipinski definition) is 4. The van der Waals surface area contributed by atoms with E-state index in [0.717, 1.165) is 37.8 Å². The summed E-state index contributed by atoms with van der Waals surface area (Å²) in [5.74, 6) is 2.35. The number of sulfonamides is 1. The van der Waals surface area contributed by atoms with Gasteiger partial charge in [-0.05, 0) is 19.8 Å². The molecule has 1 N–H and O–H groups in total. The minimum Gasteiger partial charge on any atom is -0.357 e. The van der Waals surface area contributed by atoms with Crippen LogP contribution in [0, 0.1) is 0 Å². The van der Waals surface area contributed by atoms with Crippen molar-refractivity contribution in [2.45, 2.75) is 31.9 Å². The van der Waals surface area contributed by atoms with Crippen LogP contribution in [0.4, 0.5) is 0 Å². The Morgan fingerprint density at radius 2 is 2.13 bits per heavy atom. The van der Waals surface area contributed by atoms with Crippen molar-refractivity contribution in [2.24, 2.45) is 4.99 Å². The lowest BCUT2D eigenvalue weighted by molar-refractivity contribution is 0.405. The van der Waals surface area contributed by atoms with Gasteiger partial charge in [-0.1, -0.05) is 6.92 Å². The third-order valence-corrected chi connectivity index (χ3v) is 7.37. The van der Waals surface area contributed by atoms with Crippen molar-refractivity contribution in [3.05, 3.63) is 0 Å². The molecule has 2 heterocycles. The number of hydrogen-bond donors (Lipinski definition) is 1. The largest absolute Gasteiger partial charge is 0.357 e. The van der Waals surface area contributed by atoms with E-state index in [-0.39, 0.29) is 29.7 Å². The highest BCUT2D eigenvalue weighted by molar-refractivity contribution is 14.0. The molecule has 2 fully saturated rings.